The van der Waals surface area contributed by atoms with E-state index in [1.807, 2.05) is 6.07 Å². The fourth-order valence-corrected chi connectivity index (χ4v) is 2.73. The molecule has 1 unspecified atom stereocenters. The molecule has 1 heterocycles. The molecule has 1 aromatic carbocycles. The number of nitrogens with zero attached hydrogens (tertiary/aromatic N) is 1. The Kier molecular flexibility index (Phi) is 4.50. The molecule has 0 bridgehead atoms. The summed E-state index contributed by atoms with van der Waals surface area (Å²) in [7, 11) is 0. The van der Waals surface area contributed by atoms with E-state index in [0.29, 0.717) is 6.04 Å². The molecule has 0 fully saturated rings. The van der Waals surface area contributed by atoms with E-state index in [4.69, 9.17) is 0 Å². The zero-order valence-corrected chi connectivity index (χ0v) is 12.1. The van der Waals surface area contributed by atoms with Crippen molar-refractivity contribution < 1.29 is 0 Å². The number of hydrogen-bond acceptors (Lipinski definition) is 3. The maximum Gasteiger partial charge on any atom is 0.123 e. The number of hydrogen-bond donors (Lipinski definition) is 1. The summed E-state index contributed by atoms with van der Waals surface area (Å²) in [4.78, 5) is 6.00. The van der Waals surface area contributed by atoms with Crippen molar-refractivity contribution in [3.05, 3.63) is 40.9 Å². The monoisotopic (exact) mass is 260 g/mol. The Morgan fingerprint density at radius 1 is 1.28 bits per heavy atom. The van der Waals surface area contributed by atoms with Crippen molar-refractivity contribution in [3.63, 3.8) is 0 Å². The number of rotatable bonds is 5. The zero-order chi connectivity index (χ0) is 13.0. The molecule has 0 radical (unpaired) electrons. The van der Waals surface area contributed by atoms with Crippen LogP contribution in [0.1, 0.15) is 30.8 Å². The van der Waals surface area contributed by atoms with Gasteiger partial charge in [-0.15, -0.1) is 11.3 Å². The minimum atomic E-state index is 0.562. The molecule has 96 valence electrons. The lowest BCUT2D eigenvalue weighted by Crippen LogP contribution is -2.24. The Labute approximate surface area is 113 Å². The van der Waals surface area contributed by atoms with E-state index < -0.39 is 0 Å². The summed E-state index contributed by atoms with van der Waals surface area (Å²) in [6, 6.07) is 10.9. The van der Waals surface area contributed by atoms with E-state index in [2.05, 4.69) is 55.3 Å². The van der Waals surface area contributed by atoms with Crippen LogP contribution in [-0.4, -0.2) is 11.0 Å². The molecular formula is C15H20N2S. The first-order chi connectivity index (χ1) is 8.70. The Balaban J connectivity index is 2.12. The van der Waals surface area contributed by atoms with Crippen molar-refractivity contribution in [2.45, 2.75) is 39.8 Å². The molecule has 0 spiro atoms. The SMILES string of the molecule is CCC(C)NCc1sc(-c2ccccc2)nc1C. The average molecular weight is 260 g/mol. The summed E-state index contributed by atoms with van der Waals surface area (Å²) >= 11 is 1.79. The number of nitrogens with one attached hydrogen (secondary N) is 1. The average Bonchev–Trinajstić information content (AvgIpc) is 2.78. The van der Waals surface area contributed by atoms with Gasteiger partial charge >= 0.3 is 0 Å². The Morgan fingerprint density at radius 3 is 2.67 bits per heavy atom. The first-order valence-corrected chi connectivity index (χ1v) is 7.27. The van der Waals surface area contributed by atoms with Gasteiger partial charge < -0.3 is 5.32 Å². The summed E-state index contributed by atoms with van der Waals surface area (Å²) in [5, 5.41) is 4.64. The van der Waals surface area contributed by atoms with Crippen LogP contribution in [0.4, 0.5) is 0 Å². The predicted octanol–water partition coefficient (Wildman–Crippen LogP) is 4.01. The van der Waals surface area contributed by atoms with Gasteiger partial charge in [-0.3, -0.25) is 0 Å². The van der Waals surface area contributed by atoms with E-state index in [9.17, 15) is 0 Å². The van der Waals surface area contributed by atoms with Gasteiger partial charge in [0.2, 0.25) is 0 Å². The summed E-state index contributed by atoms with van der Waals surface area (Å²) in [5.74, 6) is 0. The van der Waals surface area contributed by atoms with Crippen molar-refractivity contribution in [3.8, 4) is 10.6 Å². The molecule has 0 aliphatic carbocycles. The van der Waals surface area contributed by atoms with Crippen molar-refractivity contribution in [2.24, 2.45) is 0 Å². The molecule has 2 nitrogen and oxygen atoms in total. The summed E-state index contributed by atoms with van der Waals surface area (Å²) < 4.78 is 0. The van der Waals surface area contributed by atoms with Gasteiger partial charge in [-0.2, -0.15) is 0 Å². The first kappa shape index (κ1) is 13.2. The van der Waals surface area contributed by atoms with Crippen molar-refractivity contribution in [1.29, 1.82) is 0 Å². The quantitative estimate of drug-likeness (QED) is 0.878. The van der Waals surface area contributed by atoms with Crippen LogP contribution >= 0.6 is 11.3 Å². The number of thiazole rings is 1. The van der Waals surface area contributed by atoms with E-state index >= 15 is 0 Å². The normalized spacial score (nSPS) is 12.6. The van der Waals surface area contributed by atoms with Crippen LogP contribution in [0.3, 0.4) is 0 Å². The molecule has 1 N–H and O–H groups in total. The fraction of sp³-hybridized carbons (Fsp3) is 0.400. The predicted molar refractivity (Wildman–Crippen MR) is 78.9 cm³/mol. The van der Waals surface area contributed by atoms with Crippen molar-refractivity contribution in [2.75, 3.05) is 0 Å². The number of benzene rings is 1. The highest BCUT2D eigenvalue weighted by Crippen LogP contribution is 2.27. The van der Waals surface area contributed by atoms with Crippen LogP contribution in [0.5, 0.6) is 0 Å². The summed E-state index contributed by atoms with van der Waals surface area (Å²) in [6.45, 7) is 7.43. The van der Waals surface area contributed by atoms with Gasteiger partial charge in [0, 0.05) is 23.0 Å². The van der Waals surface area contributed by atoms with Gasteiger partial charge in [0.1, 0.15) is 5.01 Å². The third kappa shape index (κ3) is 3.18. The van der Waals surface area contributed by atoms with Crippen LogP contribution in [0, 0.1) is 6.92 Å². The second-order valence-electron chi connectivity index (χ2n) is 4.58. The Hall–Kier alpha value is -1.19. The lowest BCUT2D eigenvalue weighted by Gasteiger charge is -2.09. The second-order valence-corrected chi connectivity index (χ2v) is 5.67. The molecule has 0 aliphatic heterocycles. The van der Waals surface area contributed by atoms with Gasteiger partial charge in [-0.1, -0.05) is 37.3 Å². The zero-order valence-electron chi connectivity index (χ0n) is 11.2. The van der Waals surface area contributed by atoms with Crippen LogP contribution < -0.4 is 5.32 Å². The van der Waals surface area contributed by atoms with Gasteiger partial charge in [0.25, 0.3) is 0 Å². The highest BCUT2D eigenvalue weighted by molar-refractivity contribution is 7.15. The maximum atomic E-state index is 4.66. The van der Waals surface area contributed by atoms with E-state index in [-0.39, 0.29) is 0 Å². The van der Waals surface area contributed by atoms with Gasteiger partial charge in [-0.05, 0) is 20.3 Å². The standard InChI is InChI=1S/C15H20N2S/c1-4-11(2)16-10-14-12(3)17-15(18-14)13-8-6-5-7-9-13/h5-9,11,16H,4,10H2,1-3H3. The fourth-order valence-electron chi connectivity index (χ4n) is 1.71. The van der Waals surface area contributed by atoms with Crippen molar-refractivity contribution in [1.82, 2.24) is 10.3 Å². The molecule has 18 heavy (non-hydrogen) atoms. The molecule has 1 atom stereocenters. The molecule has 0 saturated carbocycles. The Morgan fingerprint density at radius 2 is 2.00 bits per heavy atom. The van der Waals surface area contributed by atoms with Gasteiger partial charge in [0.05, 0.1) is 5.69 Å². The van der Waals surface area contributed by atoms with Gasteiger partial charge in [0.15, 0.2) is 0 Å². The van der Waals surface area contributed by atoms with E-state index in [0.717, 1.165) is 23.7 Å². The topological polar surface area (TPSA) is 24.9 Å². The third-order valence-corrected chi connectivity index (χ3v) is 4.34. The van der Waals surface area contributed by atoms with Crippen LogP contribution in [0.15, 0.2) is 30.3 Å². The molecule has 1 aromatic heterocycles. The lowest BCUT2D eigenvalue weighted by molar-refractivity contribution is 0.536. The van der Waals surface area contributed by atoms with E-state index in [1.54, 1.807) is 11.3 Å². The molecule has 2 aromatic rings. The Bertz CT molecular complexity index is 490. The first-order valence-electron chi connectivity index (χ1n) is 6.45. The third-order valence-electron chi connectivity index (χ3n) is 3.14. The number of aryl methyl sites for hydroxylation is 1. The highest BCUT2D eigenvalue weighted by Gasteiger charge is 2.09. The van der Waals surface area contributed by atoms with E-state index in [1.165, 1.54) is 10.4 Å². The molecule has 0 amide bonds. The minimum Gasteiger partial charge on any atom is -0.309 e. The lowest BCUT2D eigenvalue weighted by atomic mass is 10.2. The van der Waals surface area contributed by atoms with Crippen LogP contribution in [-0.2, 0) is 6.54 Å². The van der Waals surface area contributed by atoms with Gasteiger partial charge in [-0.25, -0.2) is 4.98 Å². The van der Waals surface area contributed by atoms with Crippen LogP contribution in [0.25, 0.3) is 10.6 Å². The molecule has 2 rings (SSSR count). The molecule has 0 aliphatic rings. The molecular weight excluding hydrogens is 240 g/mol. The minimum absolute atomic E-state index is 0.562. The smallest absolute Gasteiger partial charge is 0.123 e. The maximum absolute atomic E-state index is 4.66. The highest BCUT2D eigenvalue weighted by atomic mass is 32.1. The number of aromatic nitrogens is 1. The molecule has 3 heteroatoms. The summed E-state index contributed by atoms with van der Waals surface area (Å²) in [6.07, 6.45) is 1.16. The summed E-state index contributed by atoms with van der Waals surface area (Å²) in [5.41, 5.74) is 2.36. The van der Waals surface area contributed by atoms with Crippen molar-refractivity contribution >= 4 is 11.3 Å². The molecule has 0 saturated heterocycles. The van der Waals surface area contributed by atoms with Crippen LogP contribution in [0.2, 0.25) is 0 Å². The second kappa shape index (κ2) is 6.12. The largest absolute Gasteiger partial charge is 0.309 e.